The molecule has 0 amide bonds. The van der Waals surface area contributed by atoms with Crippen LogP contribution in [0.5, 0.6) is 5.75 Å². The number of aromatic nitrogens is 3. The van der Waals surface area contributed by atoms with Crippen LogP contribution in [0.2, 0.25) is 0 Å². The quantitative estimate of drug-likeness (QED) is 0.604. The zero-order chi connectivity index (χ0) is 16.5. The Morgan fingerprint density at radius 1 is 1.12 bits per heavy atom. The standard InChI is InChI=1S/C18H16N4O2.ClH/c1-23-13-6-4-12(5-7-13)22-9-8-15-17(19)20-16(21-18(15)22)11-14-3-2-10-24-14;/h2-10H,11H2,1H3,(H2,19,20,21);1H. The molecule has 3 heterocycles. The lowest BCUT2D eigenvalue weighted by Gasteiger charge is -2.08. The fraction of sp³-hybridized carbons (Fsp3) is 0.111. The fourth-order valence-corrected chi connectivity index (χ4v) is 2.68. The predicted molar refractivity (Wildman–Crippen MR) is 98.6 cm³/mol. The van der Waals surface area contributed by atoms with E-state index < -0.39 is 0 Å². The lowest BCUT2D eigenvalue weighted by Crippen LogP contribution is -2.03. The Morgan fingerprint density at radius 3 is 2.60 bits per heavy atom. The average Bonchev–Trinajstić information content (AvgIpc) is 3.25. The number of hydrogen-bond donors (Lipinski definition) is 1. The summed E-state index contributed by atoms with van der Waals surface area (Å²) in [6, 6.07) is 13.4. The van der Waals surface area contributed by atoms with Gasteiger partial charge in [0.1, 0.15) is 28.8 Å². The third-order valence-corrected chi connectivity index (χ3v) is 3.88. The van der Waals surface area contributed by atoms with E-state index in [0.717, 1.165) is 28.2 Å². The van der Waals surface area contributed by atoms with Gasteiger partial charge in [0.15, 0.2) is 0 Å². The Balaban J connectivity index is 0.00000182. The zero-order valence-electron chi connectivity index (χ0n) is 13.5. The molecule has 0 fully saturated rings. The summed E-state index contributed by atoms with van der Waals surface area (Å²) in [4.78, 5) is 9.05. The maximum absolute atomic E-state index is 6.11. The second-order valence-corrected chi connectivity index (χ2v) is 5.40. The summed E-state index contributed by atoms with van der Waals surface area (Å²) in [7, 11) is 1.65. The number of benzene rings is 1. The molecule has 0 radical (unpaired) electrons. The monoisotopic (exact) mass is 356 g/mol. The van der Waals surface area contributed by atoms with Crippen LogP contribution in [-0.4, -0.2) is 21.6 Å². The van der Waals surface area contributed by atoms with E-state index >= 15 is 0 Å². The Morgan fingerprint density at radius 2 is 1.92 bits per heavy atom. The van der Waals surface area contributed by atoms with E-state index in [0.29, 0.717) is 18.1 Å². The molecule has 7 heteroatoms. The first-order valence-corrected chi connectivity index (χ1v) is 7.55. The first-order chi connectivity index (χ1) is 11.7. The highest BCUT2D eigenvalue weighted by Gasteiger charge is 2.12. The van der Waals surface area contributed by atoms with E-state index in [1.54, 1.807) is 13.4 Å². The van der Waals surface area contributed by atoms with Crippen LogP contribution in [0.3, 0.4) is 0 Å². The van der Waals surface area contributed by atoms with Crippen LogP contribution in [0, 0.1) is 0 Å². The van der Waals surface area contributed by atoms with Crippen molar-refractivity contribution in [3.8, 4) is 11.4 Å². The molecule has 0 atom stereocenters. The lowest BCUT2D eigenvalue weighted by atomic mass is 10.3. The summed E-state index contributed by atoms with van der Waals surface area (Å²) in [5, 5.41) is 0.828. The van der Waals surface area contributed by atoms with Crippen molar-refractivity contribution in [1.82, 2.24) is 14.5 Å². The van der Waals surface area contributed by atoms with Crippen LogP contribution in [0.25, 0.3) is 16.7 Å². The second kappa shape index (κ2) is 6.86. The third kappa shape index (κ3) is 3.16. The molecule has 0 unspecified atom stereocenters. The molecular formula is C18H17ClN4O2. The van der Waals surface area contributed by atoms with Gasteiger partial charge in [-0.15, -0.1) is 12.4 Å². The number of methoxy groups -OCH3 is 1. The summed E-state index contributed by atoms with van der Waals surface area (Å²) < 4.78 is 12.6. The molecule has 128 valence electrons. The number of ether oxygens (including phenoxy) is 1. The Labute approximate surface area is 150 Å². The van der Waals surface area contributed by atoms with E-state index in [-0.39, 0.29) is 12.4 Å². The summed E-state index contributed by atoms with van der Waals surface area (Å²) in [6.07, 6.45) is 4.08. The molecule has 0 saturated carbocycles. The van der Waals surface area contributed by atoms with Crippen molar-refractivity contribution in [2.45, 2.75) is 6.42 Å². The average molecular weight is 357 g/mol. The number of halogens is 1. The Kier molecular flexibility index (Phi) is 4.63. The molecule has 0 aliphatic carbocycles. The van der Waals surface area contributed by atoms with Gasteiger partial charge in [-0.05, 0) is 42.5 Å². The number of anilines is 1. The molecule has 1 aromatic carbocycles. The van der Waals surface area contributed by atoms with Crippen molar-refractivity contribution in [3.05, 3.63) is 66.5 Å². The minimum absolute atomic E-state index is 0. The van der Waals surface area contributed by atoms with Crippen molar-refractivity contribution in [1.29, 1.82) is 0 Å². The molecule has 0 aliphatic rings. The molecule has 0 bridgehead atoms. The van der Waals surface area contributed by atoms with Crippen LogP contribution in [0.4, 0.5) is 5.82 Å². The van der Waals surface area contributed by atoms with Gasteiger partial charge in [-0.3, -0.25) is 0 Å². The smallest absolute Gasteiger partial charge is 0.150 e. The topological polar surface area (TPSA) is 79.1 Å². The van der Waals surface area contributed by atoms with Crippen LogP contribution in [-0.2, 0) is 6.42 Å². The highest BCUT2D eigenvalue weighted by Crippen LogP contribution is 2.24. The number of nitrogens with zero attached hydrogens (tertiary/aromatic N) is 3. The van der Waals surface area contributed by atoms with E-state index in [2.05, 4.69) is 9.97 Å². The van der Waals surface area contributed by atoms with Gasteiger partial charge in [-0.25, -0.2) is 9.97 Å². The van der Waals surface area contributed by atoms with Gasteiger partial charge in [0.25, 0.3) is 0 Å². The Bertz CT molecular complexity index is 978. The van der Waals surface area contributed by atoms with Gasteiger partial charge in [0, 0.05) is 11.9 Å². The zero-order valence-corrected chi connectivity index (χ0v) is 14.4. The van der Waals surface area contributed by atoms with Crippen LogP contribution >= 0.6 is 12.4 Å². The van der Waals surface area contributed by atoms with Gasteiger partial charge < -0.3 is 19.5 Å². The SMILES string of the molecule is COc1ccc(-n2ccc3c(N)nc(Cc4ccco4)nc32)cc1.Cl. The molecule has 0 aliphatic heterocycles. The fourth-order valence-electron chi connectivity index (χ4n) is 2.68. The largest absolute Gasteiger partial charge is 0.497 e. The second-order valence-electron chi connectivity index (χ2n) is 5.40. The number of rotatable bonds is 4. The normalized spacial score (nSPS) is 10.6. The third-order valence-electron chi connectivity index (χ3n) is 3.88. The van der Waals surface area contributed by atoms with Crippen LogP contribution < -0.4 is 10.5 Å². The van der Waals surface area contributed by atoms with Gasteiger partial charge in [-0.1, -0.05) is 0 Å². The van der Waals surface area contributed by atoms with E-state index in [1.807, 2.05) is 53.2 Å². The molecule has 25 heavy (non-hydrogen) atoms. The molecule has 6 nitrogen and oxygen atoms in total. The molecule has 2 N–H and O–H groups in total. The first-order valence-electron chi connectivity index (χ1n) is 7.55. The number of nitrogens with two attached hydrogens (primary N) is 1. The maximum Gasteiger partial charge on any atom is 0.150 e. The molecule has 0 saturated heterocycles. The molecule has 4 rings (SSSR count). The van der Waals surface area contributed by atoms with Crippen molar-refractivity contribution >= 4 is 29.3 Å². The van der Waals surface area contributed by atoms with Crippen molar-refractivity contribution in [2.75, 3.05) is 12.8 Å². The number of nitrogen functional groups attached to an aromatic ring is 1. The first kappa shape index (κ1) is 16.9. The van der Waals surface area contributed by atoms with E-state index in [1.165, 1.54) is 0 Å². The number of hydrogen-bond acceptors (Lipinski definition) is 5. The van der Waals surface area contributed by atoms with Crippen LogP contribution in [0.15, 0.2) is 59.3 Å². The molecule has 4 aromatic rings. The van der Waals surface area contributed by atoms with E-state index in [4.69, 9.17) is 14.9 Å². The summed E-state index contributed by atoms with van der Waals surface area (Å²) >= 11 is 0. The molecule has 3 aromatic heterocycles. The summed E-state index contributed by atoms with van der Waals surface area (Å²) in [5.41, 5.74) is 7.86. The highest BCUT2D eigenvalue weighted by atomic mass is 35.5. The van der Waals surface area contributed by atoms with Crippen molar-refractivity contribution in [3.63, 3.8) is 0 Å². The van der Waals surface area contributed by atoms with Crippen molar-refractivity contribution in [2.24, 2.45) is 0 Å². The number of fused-ring (bicyclic) bond motifs is 1. The highest BCUT2D eigenvalue weighted by molar-refractivity contribution is 5.87. The van der Waals surface area contributed by atoms with Gasteiger partial charge >= 0.3 is 0 Å². The van der Waals surface area contributed by atoms with Gasteiger partial charge in [-0.2, -0.15) is 0 Å². The lowest BCUT2D eigenvalue weighted by molar-refractivity contribution is 0.415. The van der Waals surface area contributed by atoms with Crippen molar-refractivity contribution < 1.29 is 9.15 Å². The maximum atomic E-state index is 6.11. The van der Waals surface area contributed by atoms with E-state index in [9.17, 15) is 0 Å². The Hall–Kier alpha value is -2.99. The van der Waals surface area contributed by atoms with Crippen LogP contribution in [0.1, 0.15) is 11.6 Å². The van der Waals surface area contributed by atoms with Gasteiger partial charge in [0.05, 0.1) is 25.2 Å². The summed E-state index contributed by atoms with van der Waals surface area (Å²) in [5.74, 6) is 2.70. The molecular weight excluding hydrogens is 340 g/mol. The summed E-state index contributed by atoms with van der Waals surface area (Å²) in [6.45, 7) is 0. The van der Waals surface area contributed by atoms with Gasteiger partial charge in [0.2, 0.25) is 0 Å². The molecule has 0 spiro atoms. The predicted octanol–water partition coefficient (Wildman–Crippen LogP) is 3.62. The minimum atomic E-state index is 0. The number of furan rings is 1. The minimum Gasteiger partial charge on any atom is -0.497 e.